The van der Waals surface area contributed by atoms with E-state index in [2.05, 4.69) is 15.0 Å². The van der Waals surface area contributed by atoms with Gasteiger partial charge in [-0.2, -0.15) is 0 Å². The lowest BCUT2D eigenvalue weighted by Gasteiger charge is -2.00. The number of aromatic hydroxyl groups is 1. The molecule has 0 spiro atoms. The Hall–Kier alpha value is -3.47. The van der Waals surface area contributed by atoms with Crippen molar-refractivity contribution in [1.29, 1.82) is 0 Å². The molecule has 0 amide bonds. The van der Waals surface area contributed by atoms with E-state index in [9.17, 15) is 5.11 Å². The molecule has 24 heavy (non-hydrogen) atoms. The number of rotatable bonds is 3. The van der Waals surface area contributed by atoms with E-state index in [1.165, 1.54) is 0 Å². The van der Waals surface area contributed by atoms with Gasteiger partial charge in [0.05, 0.1) is 17.1 Å². The van der Waals surface area contributed by atoms with E-state index in [1.54, 1.807) is 24.5 Å². The molecule has 0 atom stereocenters. The van der Waals surface area contributed by atoms with Gasteiger partial charge in [0.2, 0.25) is 0 Å². The normalized spacial score (nSPS) is 10.7. The molecule has 0 unspecified atom stereocenters. The van der Waals surface area contributed by atoms with Crippen LogP contribution in [0, 0.1) is 0 Å². The molecule has 5 heteroatoms. The molecule has 0 fully saturated rings. The zero-order valence-electron chi connectivity index (χ0n) is 12.7. The summed E-state index contributed by atoms with van der Waals surface area (Å²) in [6.07, 6.45) is 3.49. The second-order valence-electron chi connectivity index (χ2n) is 5.29. The lowest BCUT2D eigenvalue weighted by molar-refractivity contribution is 0.475. The Labute approximate surface area is 138 Å². The zero-order chi connectivity index (χ0) is 16.4. The minimum Gasteiger partial charge on any atom is -0.508 e. The number of aromatic nitrogens is 4. The minimum atomic E-state index is 0.222. The third-order valence-electron chi connectivity index (χ3n) is 3.67. The second-order valence-corrected chi connectivity index (χ2v) is 5.29. The Morgan fingerprint density at radius 3 is 2.04 bits per heavy atom. The fourth-order valence-corrected chi connectivity index (χ4v) is 2.51. The molecule has 2 N–H and O–H groups in total. The van der Waals surface area contributed by atoms with Gasteiger partial charge in [-0.1, -0.05) is 12.1 Å². The zero-order valence-corrected chi connectivity index (χ0v) is 12.7. The van der Waals surface area contributed by atoms with Crippen molar-refractivity contribution in [3.63, 3.8) is 0 Å². The molecule has 0 bridgehead atoms. The van der Waals surface area contributed by atoms with Gasteiger partial charge in [0.25, 0.3) is 0 Å². The van der Waals surface area contributed by atoms with Gasteiger partial charge in [-0.05, 0) is 48.5 Å². The molecule has 0 aliphatic rings. The first-order valence-electron chi connectivity index (χ1n) is 7.53. The first kappa shape index (κ1) is 14.1. The monoisotopic (exact) mass is 314 g/mol. The molecule has 0 saturated heterocycles. The molecule has 1 aromatic carbocycles. The Balaban J connectivity index is 1.89. The molecular formula is C19H14N4O. The maximum atomic E-state index is 9.47. The quantitative estimate of drug-likeness (QED) is 0.601. The van der Waals surface area contributed by atoms with E-state index < -0.39 is 0 Å². The SMILES string of the molecule is Oc1ccc(-c2nc(-c3ccccn3)c(-c3ccccn3)[nH]2)cc1. The molecule has 0 saturated carbocycles. The maximum absolute atomic E-state index is 9.47. The number of H-pyrrole nitrogens is 1. The van der Waals surface area contributed by atoms with Crippen LogP contribution in [0.3, 0.4) is 0 Å². The summed E-state index contributed by atoms with van der Waals surface area (Å²) >= 11 is 0. The predicted molar refractivity (Wildman–Crippen MR) is 92.2 cm³/mol. The highest BCUT2D eigenvalue weighted by atomic mass is 16.3. The summed E-state index contributed by atoms with van der Waals surface area (Å²) in [5.74, 6) is 0.927. The van der Waals surface area contributed by atoms with Crippen molar-refractivity contribution >= 4 is 0 Å². The van der Waals surface area contributed by atoms with Gasteiger partial charge in [-0.15, -0.1) is 0 Å². The summed E-state index contributed by atoms with van der Waals surface area (Å²) in [5, 5.41) is 9.47. The lowest BCUT2D eigenvalue weighted by atomic mass is 10.2. The van der Waals surface area contributed by atoms with Crippen molar-refractivity contribution in [1.82, 2.24) is 19.9 Å². The molecule has 4 rings (SSSR count). The van der Waals surface area contributed by atoms with Crippen LogP contribution in [0.1, 0.15) is 0 Å². The molecule has 0 radical (unpaired) electrons. The number of benzene rings is 1. The van der Waals surface area contributed by atoms with Crippen LogP contribution < -0.4 is 0 Å². The Morgan fingerprint density at radius 1 is 0.750 bits per heavy atom. The fraction of sp³-hybridized carbons (Fsp3) is 0. The van der Waals surface area contributed by atoms with Gasteiger partial charge in [0.1, 0.15) is 17.3 Å². The standard InChI is InChI=1S/C19H14N4O/c24-14-9-7-13(8-10-14)19-22-17(15-5-1-3-11-20-15)18(23-19)16-6-2-4-12-21-16/h1-12,24H,(H,22,23). The van der Waals surface area contributed by atoms with E-state index in [0.717, 1.165) is 28.3 Å². The Kier molecular flexibility index (Phi) is 3.51. The summed E-state index contributed by atoms with van der Waals surface area (Å²) in [5.41, 5.74) is 4.03. The first-order chi connectivity index (χ1) is 11.8. The van der Waals surface area contributed by atoms with Crippen LogP contribution in [0.5, 0.6) is 5.75 Å². The minimum absolute atomic E-state index is 0.222. The number of hydrogen-bond acceptors (Lipinski definition) is 4. The fourth-order valence-electron chi connectivity index (χ4n) is 2.51. The van der Waals surface area contributed by atoms with Crippen molar-refractivity contribution in [3.8, 4) is 39.9 Å². The van der Waals surface area contributed by atoms with E-state index in [4.69, 9.17) is 4.98 Å². The van der Waals surface area contributed by atoms with E-state index in [1.807, 2.05) is 48.5 Å². The predicted octanol–water partition coefficient (Wildman–Crippen LogP) is 3.91. The average molecular weight is 314 g/mol. The van der Waals surface area contributed by atoms with Crippen LogP contribution in [0.15, 0.2) is 73.1 Å². The Bertz CT molecular complexity index is 891. The number of nitrogens with zero attached hydrogens (tertiary/aromatic N) is 3. The molecule has 116 valence electrons. The number of phenolic OH excluding ortho intramolecular Hbond substituents is 1. The largest absolute Gasteiger partial charge is 0.508 e. The van der Waals surface area contributed by atoms with Crippen LogP contribution >= 0.6 is 0 Å². The lowest BCUT2D eigenvalue weighted by Crippen LogP contribution is -1.88. The van der Waals surface area contributed by atoms with Crippen LogP contribution in [0.2, 0.25) is 0 Å². The summed E-state index contributed by atoms with van der Waals surface area (Å²) in [6, 6.07) is 18.4. The van der Waals surface area contributed by atoms with Gasteiger partial charge in [-0.3, -0.25) is 9.97 Å². The van der Waals surface area contributed by atoms with E-state index >= 15 is 0 Å². The number of pyridine rings is 2. The highest BCUT2D eigenvalue weighted by Crippen LogP contribution is 2.31. The summed E-state index contributed by atoms with van der Waals surface area (Å²) in [6.45, 7) is 0. The molecule has 3 aromatic heterocycles. The molecule has 3 heterocycles. The van der Waals surface area contributed by atoms with Crippen molar-refractivity contribution in [3.05, 3.63) is 73.1 Å². The van der Waals surface area contributed by atoms with Gasteiger partial charge < -0.3 is 10.1 Å². The molecule has 5 nitrogen and oxygen atoms in total. The molecular weight excluding hydrogens is 300 g/mol. The molecule has 4 aromatic rings. The van der Waals surface area contributed by atoms with Crippen LogP contribution in [0.25, 0.3) is 34.2 Å². The Morgan fingerprint density at radius 2 is 1.42 bits per heavy atom. The number of phenols is 1. The van der Waals surface area contributed by atoms with Crippen molar-refractivity contribution in [2.75, 3.05) is 0 Å². The molecule has 0 aliphatic carbocycles. The smallest absolute Gasteiger partial charge is 0.138 e. The van der Waals surface area contributed by atoms with Gasteiger partial charge in [-0.25, -0.2) is 4.98 Å². The molecule has 0 aliphatic heterocycles. The van der Waals surface area contributed by atoms with Crippen LogP contribution in [-0.4, -0.2) is 25.0 Å². The van der Waals surface area contributed by atoms with Crippen LogP contribution in [0.4, 0.5) is 0 Å². The van der Waals surface area contributed by atoms with Gasteiger partial charge in [0, 0.05) is 18.0 Å². The first-order valence-corrected chi connectivity index (χ1v) is 7.53. The van der Waals surface area contributed by atoms with Crippen molar-refractivity contribution in [2.24, 2.45) is 0 Å². The van der Waals surface area contributed by atoms with Crippen LogP contribution in [-0.2, 0) is 0 Å². The van der Waals surface area contributed by atoms with Crippen molar-refractivity contribution in [2.45, 2.75) is 0 Å². The highest BCUT2D eigenvalue weighted by molar-refractivity contribution is 5.78. The summed E-state index contributed by atoms with van der Waals surface area (Å²) in [4.78, 5) is 16.9. The third-order valence-corrected chi connectivity index (χ3v) is 3.67. The number of imidazole rings is 1. The highest BCUT2D eigenvalue weighted by Gasteiger charge is 2.16. The summed E-state index contributed by atoms with van der Waals surface area (Å²) in [7, 11) is 0. The maximum Gasteiger partial charge on any atom is 0.138 e. The second kappa shape index (κ2) is 5.96. The average Bonchev–Trinajstić information content (AvgIpc) is 3.09. The van der Waals surface area contributed by atoms with Crippen molar-refractivity contribution < 1.29 is 5.11 Å². The third kappa shape index (κ3) is 2.63. The van der Waals surface area contributed by atoms with E-state index in [0.29, 0.717) is 5.82 Å². The number of aromatic amines is 1. The summed E-state index contributed by atoms with van der Waals surface area (Å²) < 4.78 is 0. The van der Waals surface area contributed by atoms with E-state index in [-0.39, 0.29) is 5.75 Å². The number of hydrogen-bond donors (Lipinski definition) is 2. The van der Waals surface area contributed by atoms with Gasteiger partial charge in [0.15, 0.2) is 0 Å². The number of nitrogens with one attached hydrogen (secondary N) is 1. The van der Waals surface area contributed by atoms with Gasteiger partial charge >= 0.3 is 0 Å². The topological polar surface area (TPSA) is 74.7 Å².